The van der Waals surface area contributed by atoms with Gasteiger partial charge in [0, 0.05) is 12.6 Å². The van der Waals surface area contributed by atoms with Gasteiger partial charge in [0.15, 0.2) is 23.0 Å². The highest BCUT2D eigenvalue weighted by Crippen LogP contribution is 2.45. The first-order valence-electron chi connectivity index (χ1n) is 9.78. The SMILES string of the molecule is COc1cc2c3c(c4cc(OC)c(OC)cc4c2cc1O)C[C@@H]1CCCN1C3. The molecule has 5 nitrogen and oxygen atoms in total. The van der Waals surface area contributed by atoms with E-state index in [2.05, 4.69) is 11.0 Å². The predicted octanol–water partition coefficient (Wildman–Crippen LogP) is 4.24. The predicted molar refractivity (Wildman–Crippen MR) is 110 cm³/mol. The minimum absolute atomic E-state index is 0.154. The summed E-state index contributed by atoms with van der Waals surface area (Å²) in [5.74, 6) is 2.10. The van der Waals surface area contributed by atoms with Crippen molar-refractivity contribution in [2.45, 2.75) is 31.8 Å². The summed E-state index contributed by atoms with van der Waals surface area (Å²) in [6.07, 6.45) is 3.56. The van der Waals surface area contributed by atoms with E-state index >= 15 is 0 Å². The second-order valence-corrected chi connectivity index (χ2v) is 7.75. The molecule has 2 heterocycles. The molecule has 5 heteroatoms. The summed E-state index contributed by atoms with van der Waals surface area (Å²) in [5, 5.41) is 14.9. The van der Waals surface area contributed by atoms with Crippen LogP contribution in [0.4, 0.5) is 0 Å². The van der Waals surface area contributed by atoms with Gasteiger partial charge in [-0.05, 0) is 82.7 Å². The quantitative estimate of drug-likeness (QED) is 0.690. The second-order valence-electron chi connectivity index (χ2n) is 7.75. The van der Waals surface area contributed by atoms with E-state index in [1.165, 1.54) is 29.4 Å². The molecule has 146 valence electrons. The zero-order valence-electron chi connectivity index (χ0n) is 16.5. The molecule has 1 atom stereocenters. The Labute approximate surface area is 164 Å². The number of aromatic hydroxyl groups is 1. The Balaban J connectivity index is 1.90. The summed E-state index contributed by atoms with van der Waals surface area (Å²) < 4.78 is 16.6. The van der Waals surface area contributed by atoms with Gasteiger partial charge in [-0.15, -0.1) is 0 Å². The van der Waals surface area contributed by atoms with Crippen molar-refractivity contribution in [3.8, 4) is 23.0 Å². The van der Waals surface area contributed by atoms with Gasteiger partial charge >= 0.3 is 0 Å². The number of hydrogen-bond acceptors (Lipinski definition) is 5. The first-order chi connectivity index (χ1) is 13.6. The average molecular weight is 379 g/mol. The number of rotatable bonds is 3. The van der Waals surface area contributed by atoms with Gasteiger partial charge in [0.1, 0.15) is 0 Å². The third kappa shape index (κ3) is 2.42. The standard InChI is InChI=1S/C23H25NO4/c1-26-21-9-18-15(8-20(21)25)17-11-23(28-3)22(27-2)10-16(17)14-7-13-5-4-6-24(13)12-19(14)18/h8-11,13,25H,4-7,12H2,1-3H3/t13-/m0/s1. The van der Waals surface area contributed by atoms with Crippen molar-refractivity contribution >= 4 is 21.5 Å². The number of phenolic OH excluding ortho intramolecular Hbond substituents is 1. The van der Waals surface area contributed by atoms with Gasteiger partial charge in [0.2, 0.25) is 0 Å². The van der Waals surface area contributed by atoms with Crippen molar-refractivity contribution in [2.24, 2.45) is 0 Å². The van der Waals surface area contributed by atoms with Crippen LogP contribution in [0.2, 0.25) is 0 Å². The molecule has 1 N–H and O–H groups in total. The molecule has 3 aromatic rings. The summed E-state index contributed by atoms with van der Waals surface area (Å²) >= 11 is 0. The Hall–Kier alpha value is -2.66. The summed E-state index contributed by atoms with van der Waals surface area (Å²) in [5.41, 5.74) is 2.73. The van der Waals surface area contributed by atoms with E-state index in [0.717, 1.165) is 41.4 Å². The zero-order valence-corrected chi connectivity index (χ0v) is 16.5. The molecule has 5 rings (SSSR count). The van der Waals surface area contributed by atoms with Gasteiger partial charge in [0.25, 0.3) is 0 Å². The molecule has 1 fully saturated rings. The number of hydrogen-bond donors (Lipinski definition) is 1. The van der Waals surface area contributed by atoms with E-state index in [0.29, 0.717) is 17.5 Å². The Morgan fingerprint density at radius 2 is 1.43 bits per heavy atom. The van der Waals surface area contributed by atoms with E-state index in [-0.39, 0.29) is 5.75 Å². The first kappa shape index (κ1) is 17.4. The highest BCUT2D eigenvalue weighted by molar-refractivity contribution is 6.12. The maximum atomic E-state index is 10.5. The lowest BCUT2D eigenvalue weighted by Gasteiger charge is -2.33. The third-order valence-electron chi connectivity index (χ3n) is 6.45. The molecular weight excluding hydrogens is 354 g/mol. The Morgan fingerprint density at radius 1 is 0.821 bits per heavy atom. The Bertz CT molecular complexity index is 1090. The second kappa shape index (κ2) is 6.45. The molecule has 0 saturated carbocycles. The van der Waals surface area contributed by atoms with Crippen LogP contribution in [-0.2, 0) is 13.0 Å². The van der Waals surface area contributed by atoms with Gasteiger partial charge in [0.05, 0.1) is 21.3 Å². The summed E-state index contributed by atoms with van der Waals surface area (Å²) in [4.78, 5) is 2.59. The first-order valence-corrected chi connectivity index (χ1v) is 9.78. The summed E-state index contributed by atoms with van der Waals surface area (Å²) in [6.45, 7) is 2.10. The third-order valence-corrected chi connectivity index (χ3v) is 6.45. The molecule has 0 amide bonds. The van der Waals surface area contributed by atoms with Crippen LogP contribution in [0.5, 0.6) is 23.0 Å². The lowest BCUT2D eigenvalue weighted by molar-refractivity contribution is 0.229. The maximum Gasteiger partial charge on any atom is 0.161 e. The molecule has 28 heavy (non-hydrogen) atoms. The number of nitrogens with zero attached hydrogens (tertiary/aromatic N) is 1. The van der Waals surface area contributed by atoms with Crippen molar-refractivity contribution in [2.75, 3.05) is 27.9 Å². The average Bonchev–Trinajstić information content (AvgIpc) is 3.18. The number of methoxy groups -OCH3 is 3. The molecule has 0 radical (unpaired) electrons. The monoisotopic (exact) mass is 379 g/mol. The lowest BCUT2D eigenvalue weighted by Crippen LogP contribution is -2.35. The topological polar surface area (TPSA) is 51.2 Å². The highest BCUT2D eigenvalue weighted by Gasteiger charge is 2.32. The molecule has 2 aliphatic heterocycles. The lowest BCUT2D eigenvalue weighted by atomic mass is 9.85. The largest absolute Gasteiger partial charge is 0.504 e. The van der Waals surface area contributed by atoms with Crippen molar-refractivity contribution in [3.63, 3.8) is 0 Å². The van der Waals surface area contributed by atoms with Crippen LogP contribution in [0.15, 0.2) is 24.3 Å². The molecule has 0 aliphatic carbocycles. The Morgan fingerprint density at radius 3 is 2.14 bits per heavy atom. The molecule has 0 bridgehead atoms. The fourth-order valence-corrected chi connectivity index (χ4v) is 5.07. The van der Waals surface area contributed by atoms with Gasteiger partial charge in [-0.25, -0.2) is 0 Å². The summed E-state index contributed by atoms with van der Waals surface area (Å²) in [7, 11) is 4.92. The van der Waals surface area contributed by atoms with Gasteiger partial charge in [-0.3, -0.25) is 4.90 Å². The fraction of sp³-hybridized carbons (Fsp3) is 0.391. The molecule has 1 saturated heterocycles. The van der Waals surface area contributed by atoms with E-state index in [1.54, 1.807) is 21.3 Å². The van der Waals surface area contributed by atoms with Crippen molar-refractivity contribution < 1.29 is 19.3 Å². The molecule has 0 spiro atoms. The number of fused-ring (bicyclic) bond motifs is 7. The van der Waals surface area contributed by atoms with Crippen molar-refractivity contribution in [3.05, 3.63) is 35.4 Å². The zero-order chi connectivity index (χ0) is 19.4. The maximum absolute atomic E-state index is 10.5. The van der Waals surface area contributed by atoms with Crippen LogP contribution in [0.3, 0.4) is 0 Å². The Kier molecular flexibility index (Phi) is 4.02. The van der Waals surface area contributed by atoms with Crippen LogP contribution in [0, 0.1) is 0 Å². The number of ether oxygens (including phenoxy) is 3. The van der Waals surface area contributed by atoms with Crippen LogP contribution in [-0.4, -0.2) is 43.9 Å². The number of benzene rings is 3. The molecule has 0 aromatic heterocycles. The molecule has 2 aliphatic rings. The van der Waals surface area contributed by atoms with Gasteiger partial charge in [-0.2, -0.15) is 0 Å². The number of phenols is 1. The summed E-state index contributed by atoms with van der Waals surface area (Å²) in [6, 6.07) is 8.54. The van der Waals surface area contributed by atoms with Gasteiger partial charge in [-0.1, -0.05) is 0 Å². The van der Waals surface area contributed by atoms with Crippen LogP contribution in [0.25, 0.3) is 21.5 Å². The molecule has 0 unspecified atom stereocenters. The van der Waals surface area contributed by atoms with E-state index < -0.39 is 0 Å². The molecule has 3 aromatic carbocycles. The van der Waals surface area contributed by atoms with Gasteiger partial charge < -0.3 is 19.3 Å². The van der Waals surface area contributed by atoms with Crippen LogP contribution < -0.4 is 14.2 Å². The van der Waals surface area contributed by atoms with Crippen molar-refractivity contribution in [1.82, 2.24) is 4.90 Å². The fourth-order valence-electron chi connectivity index (χ4n) is 5.07. The highest BCUT2D eigenvalue weighted by atomic mass is 16.5. The smallest absolute Gasteiger partial charge is 0.161 e. The minimum atomic E-state index is 0.154. The van der Waals surface area contributed by atoms with Crippen LogP contribution >= 0.6 is 0 Å². The van der Waals surface area contributed by atoms with Crippen molar-refractivity contribution in [1.29, 1.82) is 0 Å². The molecular formula is C23H25NO4. The van der Waals surface area contributed by atoms with E-state index in [1.807, 2.05) is 18.2 Å². The van der Waals surface area contributed by atoms with Crippen LogP contribution in [0.1, 0.15) is 24.0 Å². The normalized spacial score (nSPS) is 18.9. The van der Waals surface area contributed by atoms with E-state index in [4.69, 9.17) is 14.2 Å². The van der Waals surface area contributed by atoms with E-state index in [9.17, 15) is 5.11 Å². The minimum Gasteiger partial charge on any atom is -0.504 e.